The minimum atomic E-state index is -0.158. The second kappa shape index (κ2) is 8.02. The summed E-state index contributed by atoms with van der Waals surface area (Å²) in [6, 6.07) is 10.5. The summed E-state index contributed by atoms with van der Waals surface area (Å²) in [6.07, 6.45) is 2.13. The maximum atomic E-state index is 11.8. The molecule has 1 unspecified atom stereocenters. The van der Waals surface area contributed by atoms with Crippen LogP contribution in [0, 0.1) is 0 Å². The number of esters is 1. The van der Waals surface area contributed by atoms with E-state index in [9.17, 15) is 4.79 Å². The molecule has 20 heavy (non-hydrogen) atoms. The molecule has 0 saturated carbocycles. The van der Waals surface area contributed by atoms with Gasteiger partial charge < -0.3 is 9.47 Å². The number of nitrogens with zero attached hydrogens (tertiary/aromatic N) is 1. The van der Waals surface area contributed by atoms with Crippen LogP contribution in [0.15, 0.2) is 30.3 Å². The molecule has 1 fully saturated rings. The summed E-state index contributed by atoms with van der Waals surface area (Å²) in [6.45, 7) is 4.88. The van der Waals surface area contributed by atoms with Gasteiger partial charge in [0.15, 0.2) is 0 Å². The van der Waals surface area contributed by atoms with E-state index in [1.807, 2.05) is 25.1 Å². The van der Waals surface area contributed by atoms with Crippen molar-refractivity contribution >= 4 is 5.97 Å². The van der Waals surface area contributed by atoms with Crippen LogP contribution in [-0.2, 0) is 20.8 Å². The number of benzene rings is 1. The van der Waals surface area contributed by atoms with Crippen molar-refractivity contribution in [3.05, 3.63) is 35.9 Å². The molecule has 0 N–H and O–H groups in total. The highest BCUT2D eigenvalue weighted by atomic mass is 16.5. The lowest BCUT2D eigenvalue weighted by molar-refractivity contribution is -0.146. The molecule has 0 aliphatic carbocycles. The molecule has 1 aliphatic rings. The first-order valence-corrected chi connectivity index (χ1v) is 7.31. The van der Waals surface area contributed by atoms with Gasteiger partial charge in [-0.3, -0.25) is 9.69 Å². The van der Waals surface area contributed by atoms with Gasteiger partial charge in [-0.2, -0.15) is 0 Å². The van der Waals surface area contributed by atoms with Gasteiger partial charge in [0.05, 0.1) is 19.8 Å². The number of hydrogen-bond acceptors (Lipinski definition) is 4. The molecular formula is C16H23NO3. The van der Waals surface area contributed by atoms with Gasteiger partial charge >= 0.3 is 5.97 Å². The van der Waals surface area contributed by atoms with Crippen LogP contribution in [0.25, 0.3) is 0 Å². The molecule has 1 aliphatic heterocycles. The van der Waals surface area contributed by atoms with E-state index < -0.39 is 0 Å². The number of carbonyl (C=O) groups excluding carboxylic acids is 1. The van der Waals surface area contributed by atoms with E-state index in [-0.39, 0.29) is 5.97 Å². The average molecular weight is 277 g/mol. The summed E-state index contributed by atoms with van der Waals surface area (Å²) in [5.74, 6) is -0.158. The molecule has 1 aromatic rings. The number of ether oxygens (including phenoxy) is 2. The summed E-state index contributed by atoms with van der Waals surface area (Å²) < 4.78 is 10.6. The van der Waals surface area contributed by atoms with Crippen LogP contribution in [0.4, 0.5) is 0 Å². The predicted octanol–water partition coefficient (Wildman–Crippen LogP) is 2.23. The molecule has 2 rings (SSSR count). The molecule has 4 heteroatoms. The summed E-state index contributed by atoms with van der Waals surface area (Å²) in [4.78, 5) is 14.0. The highest BCUT2D eigenvalue weighted by molar-refractivity contribution is 5.71. The Morgan fingerprint density at radius 2 is 2.20 bits per heavy atom. The Bertz CT molecular complexity index is 401. The maximum Gasteiger partial charge on any atom is 0.320 e. The zero-order chi connectivity index (χ0) is 14.2. The van der Waals surface area contributed by atoms with E-state index in [2.05, 4.69) is 17.0 Å². The second-order valence-corrected chi connectivity index (χ2v) is 5.07. The van der Waals surface area contributed by atoms with Crippen molar-refractivity contribution in [2.75, 3.05) is 26.4 Å². The van der Waals surface area contributed by atoms with Crippen LogP contribution in [0.1, 0.15) is 25.3 Å². The largest absolute Gasteiger partial charge is 0.465 e. The van der Waals surface area contributed by atoms with E-state index >= 15 is 0 Å². The molecule has 4 nitrogen and oxygen atoms in total. The summed E-state index contributed by atoms with van der Waals surface area (Å²) >= 11 is 0. The smallest absolute Gasteiger partial charge is 0.320 e. The number of rotatable bonds is 6. The van der Waals surface area contributed by atoms with Crippen molar-refractivity contribution in [1.82, 2.24) is 4.90 Å². The quantitative estimate of drug-likeness (QED) is 0.747. The van der Waals surface area contributed by atoms with Gasteiger partial charge in [-0.1, -0.05) is 30.3 Å². The zero-order valence-corrected chi connectivity index (χ0v) is 12.1. The van der Waals surface area contributed by atoms with E-state index in [0.29, 0.717) is 25.8 Å². The van der Waals surface area contributed by atoms with Gasteiger partial charge in [0.25, 0.3) is 0 Å². The van der Waals surface area contributed by atoms with Crippen molar-refractivity contribution < 1.29 is 14.3 Å². The molecule has 1 heterocycles. The van der Waals surface area contributed by atoms with Crippen LogP contribution < -0.4 is 0 Å². The lowest BCUT2D eigenvalue weighted by Gasteiger charge is -2.33. The Hall–Kier alpha value is -1.39. The van der Waals surface area contributed by atoms with Crippen molar-refractivity contribution in [2.24, 2.45) is 0 Å². The van der Waals surface area contributed by atoms with Crippen molar-refractivity contribution in [2.45, 2.75) is 32.4 Å². The number of carbonyl (C=O) groups is 1. The van der Waals surface area contributed by atoms with E-state index in [1.54, 1.807) is 0 Å². The lowest BCUT2D eigenvalue weighted by atomic mass is 10.1. The summed E-state index contributed by atoms with van der Waals surface area (Å²) in [5.41, 5.74) is 1.21. The van der Waals surface area contributed by atoms with Gasteiger partial charge in [0.2, 0.25) is 0 Å². The highest BCUT2D eigenvalue weighted by Gasteiger charge is 2.24. The molecule has 1 atom stereocenters. The second-order valence-electron chi connectivity index (χ2n) is 5.07. The Labute approximate surface area is 120 Å². The van der Waals surface area contributed by atoms with Crippen LogP contribution in [0.3, 0.4) is 0 Å². The van der Waals surface area contributed by atoms with Gasteiger partial charge in [-0.25, -0.2) is 0 Å². The Morgan fingerprint density at radius 1 is 1.40 bits per heavy atom. The first-order valence-electron chi connectivity index (χ1n) is 7.31. The zero-order valence-electron chi connectivity index (χ0n) is 12.1. The molecule has 0 spiro atoms. The van der Waals surface area contributed by atoms with Gasteiger partial charge in [0.1, 0.15) is 0 Å². The summed E-state index contributed by atoms with van der Waals surface area (Å²) in [7, 11) is 0. The third-order valence-corrected chi connectivity index (χ3v) is 3.52. The minimum absolute atomic E-state index is 0.158. The molecule has 0 aromatic heterocycles. The van der Waals surface area contributed by atoms with Crippen LogP contribution in [0.2, 0.25) is 0 Å². The lowest BCUT2D eigenvalue weighted by Crippen LogP contribution is -2.43. The van der Waals surface area contributed by atoms with Gasteiger partial charge in [-0.05, 0) is 25.3 Å². The number of hydrogen-bond donors (Lipinski definition) is 0. The monoisotopic (exact) mass is 277 g/mol. The molecular weight excluding hydrogens is 254 g/mol. The fraction of sp³-hybridized carbons (Fsp3) is 0.562. The highest BCUT2D eigenvalue weighted by Crippen LogP contribution is 2.16. The van der Waals surface area contributed by atoms with Gasteiger partial charge in [0, 0.05) is 19.2 Å². The molecule has 1 saturated heterocycles. The predicted molar refractivity (Wildman–Crippen MR) is 77.3 cm³/mol. The SMILES string of the molecule is CCOC(=O)CN(Cc1ccccc1)C1CCCOC1. The van der Waals surface area contributed by atoms with Crippen molar-refractivity contribution in [3.8, 4) is 0 Å². The molecule has 110 valence electrons. The maximum absolute atomic E-state index is 11.8. The fourth-order valence-corrected chi connectivity index (χ4v) is 2.52. The normalized spacial score (nSPS) is 19.0. The van der Waals surface area contributed by atoms with E-state index in [0.717, 1.165) is 26.0 Å². The third-order valence-electron chi connectivity index (χ3n) is 3.52. The van der Waals surface area contributed by atoms with Crippen molar-refractivity contribution in [1.29, 1.82) is 0 Å². The fourth-order valence-electron chi connectivity index (χ4n) is 2.52. The van der Waals surface area contributed by atoms with Crippen LogP contribution in [0.5, 0.6) is 0 Å². The molecule has 1 aromatic carbocycles. The Balaban J connectivity index is 2.00. The first-order chi connectivity index (χ1) is 9.79. The van der Waals surface area contributed by atoms with E-state index in [4.69, 9.17) is 9.47 Å². The third kappa shape index (κ3) is 4.62. The first kappa shape index (κ1) is 15.0. The van der Waals surface area contributed by atoms with Crippen LogP contribution >= 0.6 is 0 Å². The van der Waals surface area contributed by atoms with E-state index in [1.165, 1.54) is 5.56 Å². The Kier molecular flexibility index (Phi) is 6.02. The molecule has 0 amide bonds. The minimum Gasteiger partial charge on any atom is -0.465 e. The topological polar surface area (TPSA) is 38.8 Å². The molecule has 0 radical (unpaired) electrons. The average Bonchev–Trinajstić information content (AvgIpc) is 2.49. The standard InChI is InChI=1S/C16H23NO3/c1-2-20-16(18)12-17(15-9-6-10-19-13-15)11-14-7-4-3-5-8-14/h3-5,7-8,15H,2,6,9-13H2,1H3. The van der Waals surface area contributed by atoms with Crippen LogP contribution in [-0.4, -0.2) is 43.3 Å². The molecule has 0 bridgehead atoms. The Morgan fingerprint density at radius 3 is 2.85 bits per heavy atom. The van der Waals surface area contributed by atoms with Crippen molar-refractivity contribution in [3.63, 3.8) is 0 Å². The van der Waals surface area contributed by atoms with Gasteiger partial charge in [-0.15, -0.1) is 0 Å². The summed E-state index contributed by atoms with van der Waals surface area (Å²) in [5, 5.41) is 0.